The zero-order chi connectivity index (χ0) is 14.7. The molecule has 2 heterocycles. The molecule has 0 bridgehead atoms. The van der Waals surface area contributed by atoms with Crippen LogP contribution in [0.1, 0.15) is 26.2 Å². The molecule has 0 spiro atoms. The Morgan fingerprint density at radius 2 is 1.75 bits per heavy atom. The number of likely N-dealkylation sites (N-methyl/N-ethyl adjacent to an activating group) is 1. The van der Waals surface area contributed by atoms with Crippen LogP contribution < -0.4 is 0 Å². The van der Waals surface area contributed by atoms with Gasteiger partial charge in [-0.15, -0.1) is 0 Å². The molecule has 1 unspecified atom stereocenters. The first kappa shape index (κ1) is 15.1. The van der Waals surface area contributed by atoms with Gasteiger partial charge in [-0.1, -0.05) is 0 Å². The average molecular weight is 283 g/mol. The topological polar surface area (TPSA) is 64.1 Å². The predicted molar refractivity (Wildman–Crippen MR) is 75.6 cm³/mol. The summed E-state index contributed by atoms with van der Waals surface area (Å²) in [7, 11) is 2.09. The van der Waals surface area contributed by atoms with Crippen molar-refractivity contribution in [1.82, 2.24) is 14.7 Å². The van der Waals surface area contributed by atoms with E-state index in [9.17, 15) is 9.59 Å². The lowest BCUT2D eigenvalue weighted by Crippen LogP contribution is -2.56. The molecule has 0 saturated carbocycles. The van der Waals surface area contributed by atoms with Crippen LogP contribution in [0.3, 0.4) is 0 Å². The summed E-state index contributed by atoms with van der Waals surface area (Å²) in [6.45, 7) is 6.01. The second kappa shape index (κ2) is 6.43. The number of carboxylic acids is 1. The lowest BCUT2D eigenvalue weighted by molar-refractivity contribution is -0.138. The third-order valence-corrected chi connectivity index (χ3v) is 4.58. The van der Waals surface area contributed by atoms with Crippen molar-refractivity contribution < 1.29 is 14.7 Å². The number of urea groups is 1. The summed E-state index contributed by atoms with van der Waals surface area (Å²) < 4.78 is 0. The Bertz CT molecular complexity index is 367. The Balaban J connectivity index is 1.81. The second-order valence-electron chi connectivity index (χ2n) is 6.09. The summed E-state index contributed by atoms with van der Waals surface area (Å²) in [6.07, 6.45) is 1.84. The number of nitrogens with zero attached hydrogens (tertiary/aromatic N) is 3. The number of likely N-dealkylation sites (tertiary alicyclic amines) is 1. The van der Waals surface area contributed by atoms with E-state index in [1.807, 2.05) is 9.80 Å². The molecule has 0 aromatic carbocycles. The van der Waals surface area contributed by atoms with Crippen molar-refractivity contribution in [2.24, 2.45) is 5.92 Å². The summed E-state index contributed by atoms with van der Waals surface area (Å²) in [6, 6.07) is 0.524. The molecule has 114 valence electrons. The lowest BCUT2D eigenvalue weighted by Gasteiger charge is -2.41. The molecule has 2 saturated heterocycles. The molecular weight excluding hydrogens is 258 g/mol. The number of rotatable bonds is 2. The van der Waals surface area contributed by atoms with Crippen LogP contribution in [0.5, 0.6) is 0 Å². The number of piperidine rings is 1. The van der Waals surface area contributed by atoms with Gasteiger partial charge in [0.1, 0.15) is 0 Å². The molecule has 20 heavy (non-hydrogen) atoms. The Labute approximate surface area is 120 Å². The first-order chi connectivity index (χ1) is 9.47. The minimum atomic E-state index is -0.734. The van der Waals surface area contributed by atoms with Crippen LogP contribution in [-0.2, 0) is 4.79 Å². The van der Waals surface area contributed by atoms with E-state index in [4.69, 9.17) is 5.11 Å². The quantitative estimate of drug-likeness (QED) is 0.819. The fraction of sp³-hybridized carbons (Fsp3) is 0.857. The summed E-state index contributed by atoms with van der Waals surface area (Å²) in [5.74, 6) is -0.509. The van der Waals surface area contributed by atoms with E-state index in [1.165, 1.54) is 0 Å². The first-order valence-corrected chi connectivity index (χ1v) is 7.43. The maximum Gasteiger partial charge on any atom is 0.320 e. The third-order valence-electron chi connectivity index (χ3n) is 4.58. The maximum absolute atomic E-state index is 12.5. The van der Waals surface area contributed by atoms with Crippen molar-refractivity contribution >= 4 is 12.0 Å². The van der Waals surface area contributed by atoms with Gasteiger partial charge in [0.25, 0.3) is 0 Å². The standard InChI is InChI=1S/C14H25N3O3/c1-11-10-17(8-7-15(11)2)14(20)16-5-3-12(4-6-16)9-13(18)19/h11-12H,3-10H2,1-2H3,(H,18,19). The second-order valence-corrected chi connectivity index (χ2v) is 6.09. The van der Waals surface area contributed by atoms with Crippen molar-refractivity contribution in [3.8, 4) is 0 Å². The molecule has 0 aliphatic carbocycles. The van der Waals surface area contributed by atoms with Crippen LogP contribution in [0.15, 0.2) is 0 Å². The molecule has 0 aromatic rings. The van der Waals surface area contributed by atoms with E-state index in [1.54, 1.807) is 0 Å². The number of carbonyl (C=O) groups excluding carboxylic acids is 1. The number of piperazine rings is 1. The smallest absolute Gasteiger partial charge is 0.320 e. The highest BCUT2D eigenvalue weighted by Crippen LogP contribution is 2.22. The molecule has 1 N–H and O–H groups in total. The summed E-state index contributed by atoms with van der Waals surface area (Å²) in [4.78, 5) is 29.2. The van der Waals surface area contributed by atoms with Crippen molar-refractivity contribution in [2.75, 3.05) is 39.8 Å². The third kappa shape index (κ3) is 3.62. The molecule has 2 aliphatic rings. The van der Waals surface area contributed by atoms with Crippen molar-refractivity contribution in [1.29, 1.82) is 0 Å². The van der Waals surface area contributed by atoms with Gasteiger partial charge >= 0.3 is 12.0 Å². The minimum absolute atomic E-state index is 0.124. The maximum atomic E-state index is 12.5. The normalized spacial score (nSPS) is 25.8. The van der Waals surface area contributed by atoms with Gasteiger partial charge < -0.3 is 19.8 Å². The average Bonchev–Trinajstić information content (AvgIpc) is 2.41. The molecule has 2 rings (SSSR count). The predicted octanol–water partition coefficient (Wildman–Crippen LogP) is 0.929. The van der Waals surface area contributed by atoms with Crippen LogP contribution >= 0.6 is 0 Å². The number of carboxylic acid groups (broad SMARTS) is 1. The van der Waals surface area contributed by atoms with E-state index in [0.29, 0.717) is 19.1 Å². The van der Waals surface area contributed by atoms with Gasteiger partial charge in [-0.25, -0.2) is 4.79 Å². The zero-order valence-electron chi connectivity index (χ0n) is 12.4. The van der Waals surface area contributed by atoms with Crippen LogP contribution in [0.25, 0.3) is 0 Å². The van der Waals surface area contributed by atoms with Crippen LogP contribution in [0, 0.1) is 5.92 Å². The van der Waals surface area contributed by atoms with Crippen molar-refractivity contribution in [3.63, 3.8) is 0 Å². The van der Waals surface area contributed by atoms with Gasteiger partial charge in [-0.05, 0) is 32.7 Å². The Hall–Kier alpha value is -1.30. The molecule has 2 aliphatic heterocycles. The van der Waals surface area contributed by atoms with Gasteiger partial charge in [-0.2, -0.15) is 0 Å². The Morgan fingerprint density at radius 3 is 2.30 bits per heavy atom. The number of aliphatic carboxylic acids is 1. The van der Waals surface area contributed by atoms with Gasteiger partial charge in [0.2, 0.25) is 0 Å². The summed E-state index contributed by atoms with van der Waals surface area (Å²) in [5.41, 5.74) is 0. The molecule has 6 heteroatoms. The summed E-state index contributed by atoms with van der Waals surface area (Å²) >= 11 is 0. The molecule has 0 aromatic heterocycles. The van der Waals surface area contributed by atoms with E-state index in [2.05, 4.69) is 18.9 Å². The van der Waals surface area contributed by atoms with Crippen LogP contribution in [-0.4, -0.2) is 77.6 Å². The molecule has 0 radical (unpaired) electrons. The summed E-state index contributed by atoms with van der Waals surface area (Å²) in [5, 5.41) is 8.81. The fourth-order valence-corrected chi connectivity index (χ4v) is 3.00. The molecule has 6 nitrogen and oxygen atoms in total. The van der Waals surface area contributed by atoms with Crippen LogP contribution in [0.2, 0.25) is 0 Å². The largest absolute Gasteiger partial charge is 0.481 e. The monoisotopic (exact) mass is 283 g/mol. The highest BCUT2D eigenvalue weighted by molar-refractivity contribution is 5.74. The number of hydrogen-bond donors (Lipinski definition) is 1. The van der Waals surface area contributed by atoms with Crippen molar-refractivity contribution in [2.45, 2.75) is 32.2 Å². The Morgan fingerprint density at radius 1 is 1.10 bits per heavy atom. The molecular formula is C14H25N3O3. The number of amides is 2. The minimum Gasteiger partial charge on any atom is -0.481 e. The van der Waals surface area contributed by atoms with Gasteiger partial charge in [-0.3, -0.25) is 4.79 Å². The van der Waals surface area contributed by atoms with E-state index < -0.39 is 5.97 Å². The first-order valence-electron chi connectivity index (χ1n) is 7.43. The zero-order valence-corrected chi connectivity index (χ0v) is 12.4. The van der Waals surface area contributed by atoms with E-state index in [-0.39, 0.29) is 18.4 Å². The van der Waals surface area contributed by atoms with Crippen molar-refractivity contribution in [3.05, 3.63) is 0 Å². The van der Waals surface area contributed by atoms with Gasteiger partial charge in [0.05, 0.1) is 0 Å². The highest BCUT2D eigenvalue weighted by Gasteiger charge is 2.30. The molecule has 2 fully saturated rings. The van der Waals surface area contributed by atoms with Gasteiger partial charge in [0.15, 0.2) is 0 Å². The fourth-order valence-electron chi connectivity index (χ4n) is 3.00. The van der Waals surface area contributed by atoms with E-state index >= 15 is 0 Å². The number of carbonyl (C=O) groups is 2. The SMILES string of the molecule is CC1CN(C(=O)N2CCC(CC(=O)O)CC2)CCN1C. The molecule has 1 atom stereocenters. The Kier molecular flexibility index (Phi) is 4.86. The lowest BCUT2D eigenvalue weighted by atomic mass is 9.94. The van der Waals surface area contributed by atoms with Crippen LogP contribution in [0.4, 0.5) is 4.79 Å². The highest BCUT2D eigenvalue weighted by atomic mass is 16.4. The van der Waals surface area contributed by atoms with Gasteiger partial charge in [0, 0.05) is 45.2 Å². The number of hydrogen-bond acceptors (Lipinski definition) is 3. The van der Waals surface area contributed by atoms with E-state index in [0.717, 1.165) is 32.5 Å². The molecule has 2 amide bonds.